The first-order valence-corrected chi connectivity index (χ1v) is 12.1. The number of amides is 1. The summed E-state index contributed by atoms with van der Waals surface area (Å²) in [5, 5.41) is 6.16. The number of hydrogen-bond donors (Lipinski definition) is 2. The number of carbonyl (C=O) groups excluding carboxylic acids is 1. The first-order chi connectivity index (χ1) is 15.6. The van der Waals surface area contributed by atoms with Crippen LogP contribution in [0.4, 0.5) is 10.1 Å². The summed E-state index contributed by atoms with van der Waals surface area (Å²) in [4.78, 5) is 23.4. The first kappa shape index (κ1) is 27.6. The van der Waals surface area contributed by atoms with Crippen molar-refractivity contribution in [1.29, 1.82) is 0 Å². The largest absolute Gasteiger partial charge is 0.367 e. The van der Waals surface area contributed by atoms with E-state index in [2.05, 4.69) is 32.3 Å². The monoisotopic (exact) mass is 574 g/mol. The highest BCUT2D eigenvalue weighted by atomic mass is 127. The van der Waals surface area contributed by atoms with Crippen LogP contribution in [0.25, 0.3) is 0 Å². The third-order valence-electron chi connectivity index (χ3n) is 6.46. The number of hydrogen-bond acceptors (Lipinski definition) is 4. The number of para-hydroxylation sites is 1. The van der Waals surface area contributed by atoms with E-state index in [0.717, 1.165) is 84.1 Å². The maximum Gasteiger partial charge on any atom is 0.220 e. The highest BCUT2D eigenvalue weighted by Gasteiger charge is 2.23. The minimum Gasteiger partial charge on any atom is -0.367 e. The average molecular weight is 575 g/mol. The Morgan fingerprint density at radius 3 is 2.45 bits per heavy atom. The Bertz CT molecular complexity index is 748. The lowest BCUT2D eigenvalue weighted by molar-refractivity contribution is -0.121. The smallest absolute Gasteiger partial charge is 0.220 e. The minimum absolute atomic E-state index is 0. The molecule has 2 fully saturated rings. The molecule has 3 rings (SSSR count). The van der Waals surface area contributed by atoms with E-state index in [-0.39, 0.29) is 35.7 Å². The van der Waals surface area contributed by atoms with E-state index < -0.39 is 0 Å². The van der Waals surface area contributed by atoms with Crippen molar-refractivity contribution in [2.75, 3.05) is 70.9 Å². The molecule has 2 N–H and O–H groups in total. The van der Waals surface area contributed by atoms with Gasteiger partial charge in [-0.2, -0.15) is 0 Å². The van der Waals surface area contributed by atoms with Gasteiger partial charge in [-0.1, -0.05) is 12.1 Å². The van der Waals surface area contributed by atoms with Gasteiger partial charge in [0, 0.05) is 72.4 Å². The second-order valence-corrected chi connectivity index (χ2v) is 8.68. The minimum atomic E-state index is -0.135. The molecule has 7 nitrogen and oxygen atoms in total. The van der Waals surface area contributed by atoms with E-state index in [0.29, 0.717) is 18.0 Å². The number of carbonyl (C=O) groups is 1. The van der Waals surface area contributed by atoms with Crippen molar-refractivity contribution in [3.05, 3.63) is 30.1 Å². The van der Waals surface area contributed by atoms with E-state index in [9.17, 15) is 9.18 Å². The molecule has 33 heavy (non-hydrogen) atoms. The van der Waals surface area contributed by atoms with Crippen LogP contribution in [-0.4, -0.2) is 87.6 Å². The number of benzene rings is 1. The second-order valence-electron chi connectivity index (χ2n) is 8.68. The number of piperazine rings is 1. The number of rotatable bonds is 8. The van der Waals surface area contributed by atoms with Gasteiger partial charge < -0.3 is 20.4 Å². The molecule has 0 aliphatic carbocycles. The lowest BCUT2D eigenvalue weighted by Gasteiger charge is -2.36. The summed E-state index contributed by atoms with van der Waals surface area (Å²) in [6, 6.07) is 7.04. The van der Waals surface area contributed by atoms with Crippen LogP contribution in [0.1, 0.15) is 32.6 Å². The summed E-state index contributed by atoms with van der Waals surface area (Å²) in [6.45, 7) is 10.3. The van der Waals surface area contributed by atoms with E-state index >= 15 is 0 Å². The molecule has 0 spiro atoms. The molecule has 1 amide bonds. The number of nitrogens with zero attached hydrogens (tertiary/aromatic N) is 4. The lowest BCUT2D eigenvalue weighted by atomic mass is 9.93. The van der Waals surface area contributed by atoms with Crippen molar-refractivity contribution < 1.29 is 9.18 Å². The van der Waals surface area contributed by atoms with Gasteiger partial charge in [-0.05, 0) is 44.2 Å². The quantitative estimate of drug-likeness (QED) is 0.217. The van der Waals surface area contributed by atoms with Crippen molar-refractivity contribution in [2.24, 2.45) is 10.9 Å². The normalized spacial score (nSPS) is 18.1. The standard InChI is InChI=1S/C24H39FN6O.HI/c1-3-27-24(31-13-9-20(10-14-31)19-23(32)26-2)28-11-6-12-29-15-17-30(18-16-29)22-8-5-4-7-21(22)25;/h4-5,7-8,20H,3,6,9-19H2,1-2H3,(H,26,32)(H,27,28);1H. The molecule has 0 saturated carbocycles. The van der Waals surface area contributed by atoms with Gasteiger partial charge in [-0.25, -0.2) is 4.39 Å². The van der Waals surface area contributed by atoms with Gasteiger partial charge >= 0.3 is 0 Å². The summed E-state index contributed by atoms with van der Waals surface area (Å²) in [5.41, 5.74) is 0.714. The summed E-state index contributed by atoms with van der Waals surface area (Å²) in [6.07, 6.45) is 3.71. The number of likely N-dealkylation sites (tertiary alicyclic amines) is 1. The molecule has 2 aliphatic heterocycles. The van der Waals surface area contributed by atoms with Crippen LogP contribution in [0.15, 0.2) is 29.3 Å². The van der Waals surface area contributed by atoms with Crippen LogP contribution in [0.2, 0.25) is 0 Å². The molecule has 2 heterocycles. The Morgan fingerprint density at radius 2 is 1.82 bits per heavy atom. The van der Waals surface area contributed by atoms with Gasteiger partial charge in [0.15, 0.2) is 5.96 Å². The van der Waals surface area contributed by atoms with Crippen molar-refractivity contribution in [3.63, 3.8) is 0 Å². The average Bonchev–Trinajstić information content (AvgIpc) is 2.82. The Labute approximate surface area is 215 Å². The highest BCUT2D eigenvalue weighted by Crippen LogP contribution is 2.21. The molecule has 186 valence electrons. The topological polar surface area (TPSA) is 63.2 Å². The Hall–Kier alpha value is -1.62. The van der Waals surface area contributed by atoms with Crippen LogP contribution >= 0.6 is 24.0 Å². The third-order valence-corrected chi connectivity index (χ3v) is 6.46. The molecular weight excluding hydrogens is 534 g/mol. The third kappa shape index (κ3) is 8.59. The van der Waals surface area contributed by atoms with E-state index in [1.165, 1.54) is 6.07 Å². The molecule has 0 unspecified atom stereocenters. The second kappa shape index (κ2) is 14.6. The molecule has 2 saturated heterocycles. The number of guanidine groups is 1. The van der Waals surface area contributed by atoms with Crippen LogP contribution in [0.5, 0.6) is 0 Å². The Morgan fingerprint density at radius 1 is 1.12 bits per heavy atom. The van der Waals surface area contributed by atoms with Gasteiger partial charge in [-0.3, -0.25) is 14.7 Å². The molecule has 2 aliphatic rings. The van der Waals surface area contributed by atoms with Gasteiger partial charge in [0.25, 0.3) is 0 Å². The number of anilines is 1. The summed E-state index contributed by atoms with van der Waals surface area (Å²) in [7, 11) is 1.70. The highest BCUT2D eigenvalue weighted by molar-refractivity contribution is 14.0. The maximum absolute atomic E-state index is 14.0. The molecule has 0 aromatic heterocycles. The zero-order chi connectivity index (χ0) is 22.8. The van der Waals surface area contributed by atoms with Crippen LogP contribution in [-0.2, 0) is 4.79 Å². The summed E-state index contributed by atoms with van der Waals surface area (Å²) < 4.78 is 14.0. The molecule has 1 aromatic rings. The van der Waals surface area contributed by atoms with Crippen LogP contribution in [0, 0.1) is 11.7 Å². The fourth-order valence-corrected chi connectivity index (χ4v) is 4.54. The Kier molecular flexibility index (Phi) is 12.2. The first-order valence-electron chi connectivity index (χ1n) is 12.1. The number of nitrogens with one attached hydrogen (secondary N) is 2. The molecule has 9 heteroatoms. The SMILES string of the molecule is CCNC(=NCCCN1CCN(c2ccccc2F)CC1)N1CCC(CC(=O)NC)CC1.I. The molecule has 1 aromatic carbocycles. The summed E-state index contributed by atoms with van der Waals surface area (Å²) >= 11 is 0. The maximum atomic E-state index is 14.0. The fourth-order valence-electron chi connectivity index (χ4n) is 4.54. The predicted octanol–water partition coefficient (Wildman–Crippen LogP) is 2.77. The molecule has 0 bridgehead atoms. The number of halogens is 2. The molecule has 0 atom stereocenters. The van der Waals surface area contributed by atoms with Crippen molar-refractivity contribution >= 4 is 41.5 Å². The van der Waals surface area contributed by atoms with Gasteiger partial charge in [0.1, 0.15) is 5.82 Å². The predicted molar refractivity (Wildman–Crippen MR) is 144 cm³/mol. The van der Waals surface area contributed by atoms with Crippen LogP contribution < -0.4 is 15.5 Å². The summed E-state index contributed by atoms with van der Waals surface area (Å²) in [5.74, 6) is 1.47. The van der Waals surface area contributed by atoms with Crippen molar-refractivity contribution in [1.82, 2.24) is 20.4 Å². The van der Waals surface area contributed by atoms with E-state index in [1.54, 1.807) is 13.1 Å². The van der Waals surface area contributed by atoms with Crippen LogP contribution in [0.3, 0.4) is 0 Å². The van der Waals surface area contributed by atoms with E-state index in [4.69, 9.17) is 4.99 Å². The molecular formula is C24H40FIN6O. The number of piperidine rings is 1. The molecule has 0 radical (unpaired) electrons. The van der Waals surface area contributed by atoms with Gasteiger partial charge in [0.05, 0.1) is 5.69 Å². The fraction of sp³-hybridized carbons (Fsp3) is 0.667. The van der Waals surface area contributed by atoms with E-state index in [1.807, 2.05) is 12.1 Å². The number of aliphatic imine (C=N–C) groups is 1. The Balaban J connectivity index is 0.00000385. The zero-order valence-electron chi connectivity index (χ0n) is 20.1. The lowest BCUT2D eigenvalue weighted by Crippen LogP contribution is -2.47. The van der Waals surface area contributed by atoms with Crippen molar-refractivity contribution in [3.8, 4) is 0 Å². The van der Waals surface area contributed by atoms with Gasteiger partial charge in [-0.15, -0.1) is 24.0 Å². The van der Waals surface area contributed by atoms with Gasteiger partial charge in [0.2, 0.25) is 5.91 Å². The zero-order valence-corrected chi connectivity index (χ0v) is 22.4. The van der Waals surface area contributed by atoms with Crippen molar-refractivity contribution in [2.45, 2.75) is 32.6 Å².